The molecule has 1 rings (SSSR count). The molecule has 0 saturated heterocycles. The van der Waals surface area contributed by atoms with Gasteiger partial charge in [-0.25, -0.2) is 0 Å². The Morgan fingerprint density at radius 1 is 1.20 bits per heavy atom. The van der Waals surface area contributed by atoms with E-state index in [0.29, 0.717) is 6.61 Å². The van der Waals surface area contributed by atoms with Crippen LogP contribution in [0.25, 0.3) is 0 Å². The van der Waals surface area contributed by atoms with Crippen molar-refractivity contribution in [1.82, 2.24) is 0 Å². The van der Waals surface area contributed by atoms with E-state index in [9.17, 15) is 0 Å². The van der Waals surface area contributed by atoms with Crippen LogP contribution in [0.2, 0.25) is 12.6 Å². The Balaban J connectivity index is 2.47. The summed E-state index contributed by atoms with van der Waals surface area (Å²) in [7, 11) is -0.149. The molecule has 0 aliphatic rings. The molecule has 2 nitrogen and oxygen atoms in total. The summed E-state index contributed by atoms with van der Waals surface area (Å²) in [5.74, 6) is 0. The van der Waals surface area contributed by atoms with Crippen molar-refractivity contribution in [2.45, 2.75) is 32.5 Å². The Morgan fingerprint density at radius 2 is 1.87 bits per heavy atom. The van der Waals surface area contributed by atoms with Gasteiger partial charge in [0, 0.05) is 7.11 Å². The average Bonchev–Trinajstić information content (AvgIpc) is 2.28. The quantitative estimate of drug-likeness (QED) is 0.690. The number of hydrogen-bond donors (Lipinski definition) is 0. The molecule has 0 aliphatic carbocycles. The van der Waals surface area contributed by atoms with Crippen LogP contribution in [0.15, 0.2) is 30.3 Å². The Labute approximate surface area is 93.5 Å². The summed E-state index contributed by atoms with van der Waals surface area (Å²) in [4.78, 5) is 0. The Hall–Kier alpha value is -0.643. The van der Waals surface area contributed by atoms with Gasteiger partial charge in [0.15, 0.2) is 0 Å². The maximum absolute atomic E-state index is 5.92. The minimum Gasteiger partial charge on any atom is -0.398 e. The molecule has 0 spiro atoms. The van der Waals surface area contributed by atoms with E-state index >= 15 is 0 Å². The molecule has 0 saturated carbocycles. The first-order valence-electron chi connectivity index (χ1n) is 5.43. The number of hydrogen-bond acceptors (Lipinski definition) is 2. The topological polar surface area (TPSA) is 18.5 Å². The van der Waals surface area contributed by atoms with Gasteiger partial charge in [-0.3, -0.25) is 0 Å². The van der Waals surface area contributed by atoms with E-state index in [1.165, 1.54) is 5.56 Å². The second-order valence-electron chi connectivity index (χ2n) is 3.86. The lowest BCUT2D eigenvalue weighted by Gasteiger charge is -2.24. The molecule has 0 aliphatic heterocycles. The highest BCUT2D eigenvalue weighted by molar-refractivity contribution is 6.65. The monoisotopic (exact) mass is 224 g/mol. The van der Waals surface area contributed by atoms with Crippen LogP contribution >= 0.6 is 0 Å². The third-order valence-electron chi connectivity index (χ3n) is 2.52. The summed E-state index contributed by atoms with van der Waals surface area (Å²) < 4.78 is 11.4. The molecule has 0 radical (unpaired) electrons. The summed E-state index contributed by atoms with van der Waals surface area (Å²) >= 11 is 0. The fourth-order valence-corrected chi connectivity index (χ4v) is 3.34. The zero-order chi connectivity index (χ0) is 11.1. The van der Waals surface area contributed by atoms with Crippen molar-refractivity contribution >= 4 is 8.56 Å². The molecular weight excluding hydrogens is 204 g/mol. The molecule has 1 atom stereocenters. The lowest BCUT2D eigenvalue weighted by molar-refractivity contribution is 0.195. The molecule has 1 aromatic carbocycles. The third kappa shape index (κ3) is 4.16. The average molecular weight is 224 g/mol. The van der Waals surface area contributed by atoms with Gasteiger partial charge >= 0.3 is 8.56 Å². The van der Waals surface area contributed by atoms with Crippen LogP contribution in [-0.4, -0.2) is 15.7 Å². The normalized spacial score (nSPS) is 14.9. The van der Waals surface area contributed by atoms with E-state index in [0.717, 1.165) is 12.5 Å². The lowest BCUT2D eigenvalue weighted by atomic mass is 10.2. The van der Waals surface area contributed by atoms with Crippen molar-refractivity contribution in [3.63, 3.8) is 0 Å². The van der Waals surface area contributed by atoms with Gasteiger partial charge in [0.25, 0.3) is 0 Å². The smallest absolute Gasteiger partial charge is 0.334 e. The van der Waals surface area contributed by atoms with Crippen molar-refractivity contribution in [3.05, 3.63) is 35.9 Å². The van der Waals surface area contributed by atoms with Crippen LogP contribution in [0.5, 0.6) is 0 Å². The molecule has 0 aromatic heterocycles. The highest BCUT2D eigenvalue weighted by atomic mass is 28.4. The summed E-state index contributed by atoms with van der Waals surface area (Å²) in [5.41, 5.74) is 1.21. The van der Waals surface area contributed by atoms with Gasteiger partial charge in [-0.15, -0.1) is 0 Å². The molecule has 84 valence electrons. The van der Waals surface area contributed by atoms with E-state index in [2.05, 4.69) is 25.6 Å². The van der Waals surface area contributed by atoms with Crippen molar-refractivity contribution in [3.8, 4) is 0 Å². The van der Waals surface area contributed by atoms with Crippen LogP contribution in [0.1, 0.15) is 18.9 Å². The Morgan fingerprint density at radius 3 is 2.40 bits per heavy atom. The summed E-state index contributed by atoms with van der Waals surface area (Å²) in [6.45, 7) is 4.95. The predicted molar refractivity (Wildman–Crippen MR) is 65.0 cm³/mol. The maximum Gasteiger partial charge on any atom is 0.334 e. The van der Waals surface area contributed by atoms with Crippen molar-refractivity contribution in [1.29, 1.82) is 0 Å². The van der Waals surface area contributed by atoms with Crippen molar-refractivity contribution in [2.75, 3.05) is 7.11 Å². The molecule has 0 amide bonds. The van der Waals surface area contributed by atoms with E-state index < -0.39 is 8.56 Å². The summed E-state index contributed by atoms with van der Waals surface area (Å²) in [5, 5.41) is 0. The van der Waals surface area contributed by atoms with Crippen LogP contribution < -0.4 is 0 Å². The number of benzene rings is 1. The van der Waals surface area contributed by atoms with Gasteiger partial charge in [0.05, 0.1) is 6.61 Å². The Bertz CT molecular complexity index is 276. The van der Waals surface area contributed by atoms with Crippen molar-refractivity contribution in [2.24, 2.45) is 0 Å². The van der Waals surface area contributed by atoms with E-state index in [4.69, 9.17) is 8.85 Å². The molecule has 0 bridgehead atoms. The molecule has 1 unspecified atom stereocenters. The first-order chi connectivity index (χ1) is 7.20. The van der Waals surface area contributed by atoms with Gasteiger partial charge in [-0.1, -0.05) is 43.7 Å². The predicted octanol–water partition coefficient (Wildman–Crippen LogP) is 3.33. The van der Waals surface area contributed by atoms with E-state index in [-0.39, 0.29) is 0 Å². The Kier molecular flexibility index (Phi) is 5.01. The van der Waals surface area contributed by atoms with E-state index in [1.807, 2.05) is 18.2 Å². The minimum absolute atomic E-state index is 0.664. The zero-order valence-electron chi connectivity index (χ0n) is 9.82. The fourth-order valence-electron chi connectivity index (χ4n) is 1.50. The second kappa shape index (κ2) is 6.05. The maximum atomic E-state index is 5.92. The van der Waals surface area contributed by atoms with Gasteiger partial charge in [0.2, 0.25) is 0 Å². The molecule has 0 heterocycles. The molecular formula is C12H20O2Si. The molecule has 3 heteroatoms. The largest absolute Gasteiger partial charge is 0.398 e. The van der Waals surface area contributed by atoms with Gasteiger partial charge < -0.3 is 8.85 Å². The van der Waals surface area contributed by atoms with Crippen LogP contribution in [0.4, 0.5) is 0 Å². The molecule has 15 heavy (non-hydrogen) atoms. The number of rotatable bonds is 6. The molecule has 1 aromatic rings. The summed E-state index contributed by atoms with van der Waals surface area (Å²) in [6, 6.07) is 11.3. The van der Waals surface area contributed by atoms with E-state index in [1.54, 1.807) is 7.11 Å². The fraction of sp³-hybridized carbons (Fsp3) is 0.500. The first kappa shape index (κ1) is 12.4. The minimum atomic E-state index is -1.91. The highest BCUT2D eigenvalue weighted by Crippen LogP contribution is 2.16. The van der Waals surface area contributed by atoms with Crippen molar-refractivity contribution < 1.29 is 8.85 Å². The highest BCUT2D eigenvalue weighted by Gasteiger charge is 2.28. The SMILES string of the molecule is CCC[Si](C)(OC)OCc1ccccc1. The standard InChI is InChI=1S/C12H20O2Si/c1-4-10-15(3,13-2)14-11-12-8-6-5-7-9-12/h5-9H,4,10-11H2,1-3H3. The summed E-state index contributed by atoms with van der Waals surface area (Å²) in [6.07, 6.45) is 1.12. The third-order valence-corrected chi connectivity index (χ3v) is 5.55. The van der Waals surface area contributed by atoms with Gasteiger partial charge in [0.1, 0.15) is 0 Å². The molecule has 0 fully saturated rings. The van der Waals surface area contributed by atoms with Gasteiger partial charge in [-0.05, 0) is 18.2 Å². The van der Waals surface area contributed by atoms with Crippen LogP contribution in [0.3, 0.4) is 0 Å². The molecule has 0 N–H and O–H groups in total. The first-order valence-corrected chi connectivity index (χ1v) is 7.95. The van der Waals surface area contributed by atoms with Crippen LogP contribution in [0, 0.1) is 0 Å². The van der Waals surface area contributed by atoms with Gasteiger partial charge in [-0.2, -0.15) is 0 Å². The van der Waals surface area contributed by atoms with Crippen LogP contribution in [-0.2, 0) is 15.5 Å². The lowest BCUT2D eigenvalue weighted by Crippen LogP contribution is -2.36. The zero-order valence-corrected chi connectivity index (χ0v) is 10.8. The second-order valence-corrected chi connectivity index (χ2v) is 7.33.